The molecule has 0 saturated carbocycles. The molecule has 0 bridgehead atoms. The maximum Gasteiger partial charge on any atom is 0.149 e. The molecule has 0 aliphatic carbocycles. The van der Waals surface area contributed by atoms with Gasteiger partial charge in [0.2, 0.25) is 0 Å². The summed E-state index contributed by atoms with van der Waals surface area (Å²) in [5.41, 5.74) is 0. The Morgan fingerprint density at radius 1 is 1.50 bits per heavy atom. The standard InChI is InChI=1S/C12H18ClN3O2/c13-11-6-14-7-12(16-11)15-3-1-4-17-8-10-2-5-18-9-10/h6-7,10H,1-5,8-9H2,(H,15,16)/t10-/m0/s1. The first-order valence-electron chi connectivity index (χ1n) is 6.21. The van der Waals surface area contributed by atoms with E-state index in [1.54, 1.807) is 6.20 Å². The third kappa shape index (κ3) is 4.76. The molecule has 0 aromatic carbocycles. The fourth-order valence-corrected chi connectivity index (χ4v) is 1.93. The predicted octanol–water partition coefficient (Wildman–Crippen LogP) is 1.99. The second-order valence-electron chi connectivity index (χ2n) is 4.31. The summed E-state index contributed by atoms with van der Waals surface area (Å²) < 4.78 is 10.9. The van der Waals surface area contributed by atoms with E-state index in [-0.39, 0.29) is 0 Å². The highest BCUT2D eigenvalue weighted by Crippen LogP contribution is 2.12. The highest BCUT2D eigenvalue weighted by molar-refractivity contribution is 6.29. The van der Waals surface area contributed by atoms with Crippen molar-refractivity contribution >= 4 is 17.4 Å². The van der Waals surface area contributed by atoms with Gasteiger partial charge in [-0.05, 0) is 12.8 Å². The smallest absolute Gasteiger partial charge is 0.149 e. The van der Waals surface area contributed by atoms with Crippen molar-refractivity contribution in [3.05, 3.63) is 17.5 Å². The molecule has 1 aliphatic rings. The van der Waals surface area contributed by atoms with Crippen LogP contribution in [0, 0.1) is 5.92 Å². The van der Waals surface area contributed by atoms with E-state index < -0.39 is 0 Å². The molecule has 1 atom stereocenters. The summed E-state index contributed by atoms with van der Waals surface area (Å²) in [6, 6.07) is 0. The number of aromatic nitrogens is 2. The number of nitrogens with zero attached hydrogens (tertiary/aromatic N) is 2. The molecule has 0 unspecified atom stereocenters. The van der Waals surface area contributed by atoms with E-state index in [9.17, 15) is 0 Å². The van der Waals surface area contributed by atoms with E-state index in [1.807, 2.05) is 0 Å². The van der Waals surface area contributed by atoms with E-state index >= 15 is 0 Å². The molecule has 0 spiro atoms. The van der Waals surface area contributed by atoms with Crippen molar-refractivity contribution < 1.29 is 9.47 Å². The van der Waals surface area contributed by atoms with Gasteiger partial charge in [-0.15, -0.1) is 0 Å². The molecule has 1 saturated heterocycles. The van der Waals surface area contributed by atoms with Gasteiger partial charge in [0.1, 0.15) is 11.0 Å². The van der Waals surface area contributed by atoms with Crippen LogP contribution in [0.3, 0.4) is 0 Å². The Kier molecular flexibility index (Phi) is 5.64. The summed E-state index contributed by atoms with van der Waals surface area (Å²) in [6.45, 7) is 4.07. The topological polar surface area (TPSA) is 56.3 Å². The third-order valence-corrected chi connectivity index (χ3v) is 2.94. The highest BCUT2D eigenvalue weighted by Gasteiger charge is 2.14. The largest absolute Gasteiger partial charge is 0.381 e. The van der Waals surface area contributed by atoms with E-state index in [0.29, 0.717) is 16.9 Å². The average molecular weight is 272 g/mol. The van der Waals surface area contributed by atoms with Gasteiger partial charge in [-0.25, -0.2) is 4.98 Å². The lowest BCUT2D eigenvalue weighted by molar-refractivity contribution is 0.0897. The van der Waals surface area contributed by atoms with Gasteiger partial charge < -0.3 is 14.8 Å². The van der Waals surface area contributed by atoms with Gasteiger partial charge in [0.15, 0.2) is 0 Å². The fourth-order valence-electron chi connectivity index (χ4n) is 1.78. The van der Waals surface area contributed by atoms with Gasteiger partial charge in [0.25, 0.3) is 0 Å². The quantitative estimate of drug-likeness (QED) is 0.769. The highest BCUT2D eigenvalue weighted by atomic mass is 35.5. The van der Waals surface area contributed by atoms with Crippen LogP contribution in [-0.4, -0.2) is 42.9 Å². The van der Waals surface area contributed by atoms with Crippen LogP contribution in [0.15, 0.2) is 12.4 Å². The Hall–Kier alpha value is -0.910. The lowest BCUT2D eigenvalue weighted by Crippen LogP contribution is -2.12. The molecule has 6 heteroatoms. The van der Waals surface area contributed by atoms with Crippen LogP contribution in [0.25, 0.3) is 0 Å². The lowest BCUT2D eigenvalue weighted by atomic mass is 10.1. The molecule has 1 fully saturated rings. The minimum absolute atomic E-state index is 0.400. The number of halogens is 1. The van der Waals surface area contributed by atoms with Crippen LogP contribution >= 0.6 is 11.6 Å². The Labute approximate surface area is 112 Å². The van der Waals surface area contributed by atoms with Crippen molar-refractivity contribution in [2.75, 3.05) is 38.3 Å². The second-order valence-corrected chi connectivity index (χ2v) is 4.70. The van der Waals surface area contributed by atoms with E-state index in [0.717, 1.165) is 45.8 Å². The number of hydrogen-bond donors (Lipinski definition) is 1. The molecule has 1 aromatic heterocycles. The molecule has 1 aliphatic heterocycles. The maximum atomic E-state index is 5.73. The molecule has 18 heavy (non-hydrogen) atoms. The Balaban J connectivity index is 1.50. The zero-order chi connectivity index (χ0) is 12.6. The zero-order valence-corrected chi connectivity index (χ0v) is 11.0. The molecule has 1 N–H and O–H groups in total. The van der Waals surface area contributed by atoms with Gasteiger partial charge in [-0.1, -0.05) is 11.6 Å². The number of ether oxygens (including phenoxy) is 2. The van der Waals surface area contributed by atoms with Crippen molar-refractivity contribution in [2.24, 2.45) is 5.92 Å². The molecular weight excluding hydrogens is 254 g/mol. The van der Waals surface area contributed by atoms with Crippen molar-refractivity contribution in [3.63, 3.8) is 0 Å². The van der Waals surface area contributed by atoms with Crippen LogP contribution in [0.4, 0.5) is 5.82 Å². The molecular formula is C12H18ClN3O2. The first-order valence-corrected chi connectivity index (χ1v) is 6.59. The van der Waals surface area contributed by atoms with Crippen molar-refractivity contribution in [3.8, 4) is 0 Å². The van der Waals surface area contributed by atoms with Crippen LogP contribution in [0.2, 0.25) is 5.15 Å². The van der Waals surface area contributed by atoms with E-state index in [2.05, 4.69) is 15.3 Å². The molecule has 0 radical (unpaired) electrons. The molecule has 1 aromatic rings. The Morgan fingerprint density at radius 2 is 2.44 bits per heavy atom. The van der Waals surface area contributed by atoms with Gasteiger partial charge in [0.05, 0.1) is 25.6 Å². The molecule has 0 amide bonds. The fraction of sp³-hybridized carbons (Fsp3) is 0.667. The van der Waals surface area contributed by atoms with Crippen molar-refractivity contribution in [1.82, 2.24) is 9.97 Å². The summed E-state index contributed by atoms with van der Waals surface area (Å²) in [5.74, 6) is 1.28. The Bertz CT molecular complexity index is 359. The number of rotatable bonds is 7. The monoisotopic (exact) mass is 271 g/mol. The van der Waals surface area contributed by atoms with Crippen LogP contribution in [-0.2, 0) is 9.47 Å². The summed E-state index contributed by atoms with van der Waals surface area (Å²) >= 11 is 5.73. The summed E-state index contributed by atoms with van der Waals surface area (Å²) in [5, 5.41) is 3.55. The first kappa shape index (κ1) is 13.5. The second kappa shape index (κ2) is 7.51. The van der Waals surface area contributed by atoms with Gasteiger partial charge in [-0.3, -0.25) is 4.98 Å². The SMILES string of the molecule is Clc1cncc(NCCCOC[C@@H]2CCOC2)n1. The van der Waals surface area contributed by atoms with Crippen LogP contribution < -0.4 is 5.32 Å². The van der Waals surface area contributed by atoms with Gasteiger partial charge in [-0.2, -0.15) is 0 Å². The average Bonchev–Trinajstić information content (AvgIpc) is 2.87. The molecule has 100 valence electrons. The minimum Gasteiger partial charge on any atom is -0.381 e. The number of nitrogens with one attached hydrogen (secondary N) is 1. The van der Waals surface area contributed by atoms with Crippen LogP contribution in [0.1, 0.15) is 12.8 Å². The molecule has 2 rings (SSSR count). The minimum atomic E-state index is 0.400. The number of hydrogen-bond acceptors (Lipinski definition) is 5. The van der Waals surface area contributed by atoms with E-state index in [4.69, 9.17) is 21.1 Å². The van der Waals surface area contributed by atoms with Gasteiger partial charge in [0, 0.05) is 25.7 Å². The van der Waals surface area contributed by atoms with Crippen molar-refractivity contribution in [1.29, 1.82) is 0 Å². The third-order valence-electron chi connectivity index (χ3n) is 2.75. The summed E-state index contributed by atoms with van der Waals surface area (Å²) in [6.07, 6.45) is 5.22. The zero-order valence-electron chi connectivity index (χ0n) is 10.3. The summed E-state index contributed by atoms with van der Waals surface area (Å²) in [4.78, 5) is 8.04. The predicted molar refractivity (Wildman–Crippen MR) is 69.9 cm³/mol. The summed E-state index contributed by atoms with van der Waals surface area (Å²) in [7, 11) is 0. The molecule has 5 nitrogen and oxygen atoms in total. The molecule has 2 heterocycles. The van der Waals surface area contributed by atoms with Crippen LogP contribution in [0.5, 0.6) is 0 Å². The normalized spacial score (nSPS) is 19.1. The lowest BCUT2D eigenvalue weighted by Gasteiger charge is -2.09. The van der Waals surface area contributed by atoms with Crippen molar-refractivity contribution in [2.45, 2.75) is 12.8 Å². The Morgan fingerprint density at radius 3 is 3.22 bits per heavy atom. The first-order chi connectivity index (χ1) is 8.84. The maximum absolute atomic E-state index is 5.73. The van der Waals surface area contributed by atoms with Gasteiger partial charge >= 0.3 is 0 Å². The number of anilines is 1. The van der Waals surface area contributed by atoms with E-state index in [1.165, 1.54) is 6.20 Å².